The van der Waals surface area contributed by atoms with E-state index in [4.69, 9.17) is 9.72 Å². The number of nitrogens with one attached hydrogen (secondary N) is 1. The highest BCUT2D eigenvalue weighted by Gasteiger charge is 2.22. The van der Waals surface area contributed by atoms with Gasteiger partial charge in [0.2, 0.25) is 5.91 Å². The fourth-order valence-corrected chi connectivity index (χ4v) is 3.63. The molecule has 1 fully saturated rings. The molecular weight excluding hydrogens is 378 g/mol. The molecule has 0 radical (unpaired) electrons. The number of ether oxygens (including phenoxy) is 1. The summed E-state index contributed by atoms with van der Waals surface area (Å²) in [7, 11) is 0. The Morgan fingerprint density at radius 2 is 2.07 bits per heavy atom. The van der Waals surface area contributed by atoms with Crippen molar-refractivity contribution in [3.8, 4) is 17.5 Å². The summed E-state index contributed by atoms with van der Waals surface area (Å²) in [5, 5.41) is 3.26. The molecule has 6 nitrogen and oxygen atoms in total. The first-order chi connectivity index (χ1) is 14.7. The van der Waals surface area contributed by atoms with Gasteiger partial charge in [-0.05, 0) is 37.1 Å². The number of carbonyl (C=O) groups excluding carboxylic acids is 1. The van der Waals surface area contributed by atoms with E-state index in [0.29, 0.717) is 35.3 Å². The first kappa shape index (κ1) is 19.9. The summed E-state index contributed by atoms with van der Waals surface area (Å²) < 4.78 is 7.01. The third-order valence-electron chi connectivity index (χ3n) is 5.09. The predicted molar refractivity (Wildman–Crippen MR) is 116 cm³/mol. The molecule has 3 aromatic rings. The fourth-order valence-electron chi connectivity index (χ4n) is 3.63. The normalized spacial score (nSPS) is 15.6. The van der Waals surface area contributed by atoms with Gasteiger partial charge in [0.15, 0.2) is 0 Å². The zero-order chi connectivity index (χ0) is 20.9. The Kier molecular flexibility index (Phi) is 5.92. The molecule has 1 aliphatic rings. The van der Waals surface area contributed by atoms with Crippen molar-refractivity contribution in [2.24, 2.45) is 0 Å². The van der Waals surface area contributed by atoms with E-state index in [0.717, 1.165) is 18.5 Å². The van der Waals surface area contributed by atoms with E-state index in [1.165, 1.54) is 0 Å². The quantitative estimate of drug-likeness (QED) is 0.682. The molecule has 1 amide bonds. The summed E-state index contributed by atoms with van der Waals surface area (Å²) in [6, 6.07) is 15.0. The smallest absolute Gasteiger partial charge is 0.267 e. The number of nitrogens with zero attached hydrogens (tertiary/aromatic N) is 2. The number of hydrogen-bond donors (Lipinski definition) is 1. The molecule has 1 atom stereocenters. The van der Waals surface area contributed by atoms with Gasteiger partial charge in [-0.2, -0.15) is 0 Å². The van der Waals surface area contributed by atoms with Gasteiger partial charge in [-0.25, -0.2) is 4.98 Å². The maximum atomic E-state index is 13.4. The molecular formula is C24H23N3O3. The van der Waals surface area contributed by atoms with Crippen LogP contribution in [0.2, 0.25) is 0 Å². The molecule has 6 heteroatoms. The molecule has 0 spiro atoms. The number of amides is 1. The van der Waals surface area contributed by atoms with Crippen LogP contribution < -0.4 is 10.9 Å². The summed E-state index contributed by atoms with van der Waals surface area (Å²) in [4.78, 5) is 30.2. The second kappa shape index (κ2) is 8.93. The SMILES string of the molecule is CCc1nc2cccc(C#CCNC(=O)C3CCCO3)c2c(=O)n1-c1ccccc1. The second-order valence-electron chi connectivity index (χ2n) is 7.08. The van der Waals surface area contributed by atoms with Crippen LogP contribution in [0.1, 0.15) is 31.2 Å². The molecule has 4 rings (SSSR count). The average Bonchev–Trinajstić information content (AvgIpc) is 3.32. The third kappa shape index (κ3) is 3.98. The van der Waals surface area contributed by atoms with E-state index in [1.807, 2.05) is 49.4 Å². The number of aryl methyl sites for hydroxylation is 1. The minimum absolute atomic E-state index is 0.139. The van der Waals surface area contributed by atoms with Crippen molar-refractivity contribution >= 4 is 16.8 Å². The number of aromatic nitrogens is 2. The Bertz CT molecular complexity index is 1180. The van der Waals surface area contributed by atoms with Crippen LogP contribution in [-0.2, 0) is 16.0 Å². The zero-order valence-electron chi connectivity index (χ0n) is 16.9. The maximum Gasteiger partial charge on any atom is 0.267 e. The first-order valence-corrected chi connectivity index (χ1v) is 10.2. The van der Waals surface area contributed by atoms with Crippen molar-refractivity contribution in [1.82, 2.24) is 14.9 Å². The van der Waals surface area contributed by atoms with Gasteiger partial charge in [0, 0.05) is 18.6 Å². The molecule has 1 aliphatic heterocycles. The van der Waals surface area contributed by atoms with E-state index in [1.54, 1.807) is 10.6 Å². The molecule has 2 heterocycles. The summed E-state index contributed by atoms with van der Waals surface area (Å²) in [5.41, 5.74) is 1.86. The van der Waals surface area contributed by atoms with Gasteiger partial charge in [0.25, 0.3) is 5.56 Å². The van der Waals surface area contributed by atoms with Crippen molar-refractivity contribution < 1.29 is 9.53 Å². The van der Waals surface area contributed by atoms with Gasteiger partial charge >= 0.3 is 0 Å². The minimum Gasteiger partial charge on any atom is -0.368 e. The monoisotopic (exact) mass is 401 g/mol. The van der Waals surface area contributed by atoms with Gasteiger partial charge in [-0.1, -0.05) is 43.0 Å². The Labute approximate surface area is 174 Å². The second-order valence-corrected chi connectivity index (χ2v) is 7.08. The average molecular weight is 401 g/mol. The van der Waals surface area contributed by atoms with Gasteiger partial charge in [-0.15, -0.1) is 0 Å². The maximum absolute atomic E-state index is 13.4. The number of benzene rings is 2. The lowest BCUT2D eigenvalue weighted by atomic mass is 10.1. The van der Waals surface area contributed by atoms with E-state index in [2.05, 4.69) is 17.2 Å². The molecule has 0 bridgehead atoms. The van der Waals surface area contributed by atoms with Crippen molar-refractivity contribution in [2.75, 3.05) is 13.2 Å². The Morgan fingerprint density at radius 1 is 1.23 bits per heavy atom. The standard InChI is InChI=1S/C24H23N3O3/c1-2-21-26-19-13-6-9-17(10-7-15-25-23(28)20-14-8-16-30-20)22(19)24(29)27(21)18-11-4-3-5-12-18/h3-6,9,11-13,20H,2,8,14-16H2,1H3,(H,25,28). The summed E-state index contributed by atoms with van der Waals surface area (Å²) in [6.45, 7) is 2.80. The zero-order valence-corrected chi connectivity index (χ0v) is 16.9. The van der Waals surface area contributed by atoms with Crippen LogP contribution in [0.3, 0.4) is 0 Å². The molecule has 0 saturated carbocycles. The van der Waals surface area contributed by atoms with Gasteiger partial charge in [0.1, 0.15) is 11.9 Å². The van der Waals surface area contributed by atoms with Crippen LogP contribution in [0.25, 0.3) is 16.6 Å². The lowest BCUT2D eigenvalue weighted by Gasteiger charge is -2.13. The first-order valence-electron chi connectivity index (χ1n) is 10.2. The van der Waals surface area contributed by atoms with Gasteiger partial charge in [-0.3, -0.25) is 14.2 Å². The highest BCUT2D eigenvalue weighted by molar-refractivity contribution is 5.85. The predicted octanol–water partition coefficient (Wildman–Crippen LogP) is 2.59. The Balaban J connectivity index is 1.68. The van der Waals surface area contributed by atoms with Crippen LogP contribution in [-0.4, -0.2) is 34.7 Å². The highest BCUT2D eigenvalue weighted by Crippen LogP contribution is 2.16. The molecule has 1 unspecified atom stereocenters. The number of carbonyl (C=O) groups is 1. The van der Waals surface area contributed by atoms with Crippen molar-refractivity contribution in [1.29, 1.82) is 0 Å². The van der Waals surface area contributed by atoms with Crippen molar-refractivity contribution in [3.63, 3.8) is 0 Å². The van der Waals surface area contributed by atoms with Crippen molar-refractivity contribution in [3.05, 3.63) is 70.3 Å². The highest BCUT2D eigenvalue weighted by atomic mass is 16.5. The van der Waals surface area contributed by atoms with Crippen LogP contribution in [0.5, 0.6) is 0 Å². The van der Waals surface area contributed by atoms with Gasteiger partial charge < -0.3 is 10.1 Å². The van der Waals surface area contributed by atoms with E-state index < -0.39 is 0 Å². The molecule has 152 valence electrons. The summed E-state index contributed by atoms with van der Waals surface area (Å²) >= 11 is 0. The largest absolute Gasteiger partial charge is 0.368 e. The van der Waals surface area contributed by atoms with E-state index in [-0.39, 0.29) is 24.1 Å². The number of rotatable bonds is 4. The third-order valence-corrected chi connectivity index (χ3v) is 5.09. The van der Waals surface area contributed by atoms with Crippen LogP contribution >= 0.6 is 0 Å². The fraction of sp³-hybridized carbons (Fsp3) is 0.292. The summed E-state index contributed by atoms with van der Waals surface area (Å²) in [6.07, 6.45) is 1.90. The molecule has 1 saturated heterocycles. The molecule has 1 N–H and O–H groups in total. The molecule has 1 aromatic heterocycles. The molecule has 0 aliphatic carbocycles. The topological polar surface area (TPSA) is 73.2 Å². The van der Waals surface area contributed by atoms with E-state index in [9.17, 15) is 9.59 Å². The van der Waals surface area contributed by atoms with Crippen LogP contribution in [0.15, 0.2) is 53.3 Å². The number of hydrogen-bond acceptors (Lipinski definition) is 4. The number of fused-ring (bicyclic) bond motifs is 1. The number of para-hydroxylation sites is 1. The van der Waals surface area contributed by atoms with Gasteiger partial charge in [0.05, 0.1) is 23.1 Å². The Hall–Kier alpha value is -3.43. The van der Waals surface area contributed by atoms with Crippen LogP contribution in [0.4, 0.5) is 0 Å². The molecule has 2 aromatic carbocycles. The summed E-state index contributed by atoms with van der Waals surface area (Å²) in [5.74, 6) is 6.54. The van der Waals surface area contributed by atoms with Crippen molar-refractivity contribution in [2.45, 2.75) is 32.3 Å². The van der Waals surface area contributed by atoms with Crippen LogP contribution in [0, 0.1) is 11.8 Å². The minimum atomic E-state index is -0.376. The lowest BCUT2D eigenvalue weighted by molar-refractivity contribution is -0.129. The van der Waals surface area contributed by atoms with E-state index >= 15 is 0 Å². The molecule has 30 heavy (non-hydrogen) atoms. The lowest BCUT2D eigenvalue weighted by Crippen LogP contribution is -2.34. The Morgan fingerprint density at radius 3 is 2.80 bits per heavy atom.